The van der Waals surface area contributed by atoms with Gasteiger partial charge >= 0.3 is 0 Å². The highest BCUT2D eigenvalue weighted by atomic mass is 15.1. The van der Waals surface area contributed by atoms with Gasteiger partial charge in [0, 0.05) is 17.1 Å². The van der Waals surface area contributed by atoms with E-state index in [0.717, 1.165) is 28.0 Å². The molecule has 3 heteroatoms. The molecule has 3 rings (SSSR count). The predicted octanol–water partition coefficient (Wildman–Crippen LogP) is 2.74. The molecule has 0 heterocycles. The highest BCUT2D eigenvalue weighted by molar-refractivity contribution is 6.32. The lowest BCUT2D eigenvalue weighted by Gasteiger charge is -2.25. The van der Waals surface area contributed by atoms with Crippen LogP contribution in [-0.4, -0.2) is 15.7 Å². The fraction of sp³-hybridized carbons (Fsp3) is 0. The van der Waals surface area contributed by atoms with Crippen LogP contribution in [0.25, 0.3) is 0 Å². The monoisotopic (exact) mass is 265 g/mol. The topological polar surface area (TPSA) is 3.24 Å². The molecule has 0 spiro atoms. The number of rotatable bonds is 3. The summed E-state index contributed by atoms with van der Waals surface area (Å²) < 4.78 is 0. The van der Waals surface area contributed by atoms with Crippen LogP contribution in [-0.2, 0) is 0 Å². The molecule has 0 N–H and O–H groups in total. The largest absolute Gasteiger partial charge is 0.311 e. The Morgan fingerprint density at radius 3 is 1.29 bits per heavy atom. The van der Waals surface area contributed by atoms with Crippen molar-refractivity contribution in [3.8, 4) is 0 Å². The van der Waals surface area contributed by atoms with E-state index >= 15 is 0 Å². The van der Waals surface area contributed by atoms with Crippen LogP contribution in [0.2, 0.25) is 0 Å². The van der Waals surface area contributed by atoms with Gasteiger partial charge in [-0.2, -0.15) is 0 Å². The molecular weight excluding hydrogens is 252 g/mol. The van der Waals surface area contributed by atoms with Crippen molar-refractivity contribution in [2.75, 3.05) is 4.90 Å². The molecule has 0 aliphatic carbocycles. The Morgan fingerprint density at radius 2 is 0.857 bits per heavy atom. The van der Waals surface area contributed by atoms with Crippen LogP contribution in [0, 0.1) is 0 Å². The van der Waals surface area contributed by atoms with Gasteiger partial charge in [-0.15, -0.1) is 0 Å². The lowest BCUT2D eigenvalue weighted by atomic mass is 9.95. The summed E-state index contributed by atoms with van der Waals surface area (Å²) in [6, 6.07) is 25.9. The van der Waals surface area contributed by atoms with Crippen LogP contribution in [0.1, 0.15) is 0 Å². The second-order valence-electron chi connectivity index (χ2n) is 4.85. The standard InChI is InChI=1S/C18H13B2N/c19-14-6-10-17(11-7-14)21(16-4-2-1-3-5-16)18-12-8-15(20)9-13-18/h1-13H. The average Bonchev–Trinajstić information content (AvgIpc) is 2.52. The lowest BCUT2D eigenvalue weighted by Crippen LogP contribution is -2.12. The second kappa shape index (κ2) is 5.92. The smallest absolute Gasteiger partial charge is 0.113 e. The average molecular weight is 265 g/mol. The summed E-state index contributed by atoms with van der Waals surface area (Å²) in [5, 5.41) is 0. The number of anilines is 3. The Hall–Kier alpha value is -2.41. The summed E-state index contributed by atoms with van der Waals surface area (Å²) in [5.41, 5.74) is 4.71. The van der Waals surface area contributed by atoms with Gasteiger partial charge in [0.1, 0.15) is 15.7 Å². The molecule has 0 saturated carbocycles. The summed E-state index contributed by atoms with van der Waals surface area (Å²) in [7, 11) is 11.6. The second-order valence-corrected chi connectivity index (χ2v) is 4.85. The molecule has 0 aliphatic rings. The first-order chi connectivity index (χ1) is 10.2. The van der Waals surface area contributed by atoms with Gasteiger partial charge in [-0.1, -0.05) is 53.4 Å². The molecule has 96 valence electrons. The van der Waals surface area contributed by atoms with Crippen molar-refractivity contribution in [3.05, 3.63) is 78.9 Å². The summed E-state index contributed by atoms with van der Waals surface area (Å²) in [4.78, 5) is 2.17. The summed E-state index contributed by atoms with van der Waals surface area (Å²) in [5.74, 6) is 0. The Balaban J connectivity index is 2.11. The Kier molecular flexibility index (Phi) is 3.83. The number of benzene rings is 3. The van der Waals surface area contributed by atoms with Gasteiger partial charge < -0.3 is 4.90 Å². The van der Waals surface area contributed by atoms with Crippen molar-refractivity contribution in [3.63, 3.8) is 0 Å². The number of nitrogens with zero attached hydrogens (tertiary/aromatic N) is 1. The first-order valence-electron chi connectivity index (χ1n) is 6.80. The van der Waals surface area contributed by atoms with Gasteiger partial charge in [-0.3, -0.25) is 0 Å². The first kappa shape index (κ1) is 13.6. The third-order valence-electron chi connectivity index (χ3n) is 3.32. The predicted molar refractivity (Wildman–Crippen MR) is 91.9 cm³/mol. The molecule has 3 aromatic rings. The summed E-state index contributed by atoms with van der Waals surface area (Å²) >= 11 is 0. The van der Waals surface area contributed by atoms with E-state index in [0.29, 0.717) is 0 Å². The quantitative estimate of drug-likeness (QED) is 0.658. The third-order valence-corrected chi connectivity index (χ3v) is 3.32. The normalized spacial score (nSPS) is 10.3. The van der Waals surface area contributed by atoms with Crippen molar-refractivity contribution in [1.29, 1.82) is 0 Å². The first-order valence-corrected chi connectivity index (χ1v) is 6.80. The zero-order valence-corrected chi connectivity index (χ0v) is 11.6. The van der Waals surface area contributed by atoms with E-state index in [1.807, 2.05) is 66.7 Å². The Morgan fingerprint density at radius 1 is 0.476 bits per heavy atom. The van der Waals surface area contributed by atoms with E-state index < -0.39 is 0 Å². The van der Waals surface area contributed by atoms with E-state index in [-0.39, 0.29) is 0 Å². The number of hydrogen-bond acceptors (Lipinski definition) is 1. The molecule has 21 heavy (non-hydrogen) atoms. The van der Waals surface area contributed by atoms with Crippen molar-refractivity contribution in [2.45, 2.75) is 0 Å². The molecule has 0 bridgehead atoms. The van der Waals surface area contributed by atoms with E-state index in [1.165, 1.54) is 0 Å². The number of hydrogen-bond donors (Lipinski definition) is 0. The van der Waals surface area contributed by atoms with Gasteiger partial charge in [0.2, 0.25) is 0 Å². The minimum Gasteiger partial charge on any atom is -0.311 e. The maximum Gasteiger partial charge on any atom is 0.113 e. The summed E-state index contributed by atoms with van der Waals surface area (Å²) in [6.07, 6.45) is 0. The van der Waals surface area contributed by atoms with Crippen LogP contribution < -0.4 is 15.8 Å². The van der Waals surface area contributed by atoms with Crippen LogP contribution >= 0.6 is 0 Å². The zero-order valence-electron chi connectivity index (χ0n) is 11.6. The highest BCUT2D eigenvalue weighted by Crippen LogP contribution is 2.33. The minimum absolute atomic E-state index is 0.754. The van der Waals surface area contributed by atoms with Crippen molar-refractivity contribution in [1.82, 2.24) is 0 Å². The SMILES string of the molecule is [B]c1ccc(N(c2ccccc2)c2ccc([B])cc2)cc1. The molecule has 0 aromatic heterocycles. The molecule has 3 aromatic carbocycles. The van der Waals surface area contributed by atoms with Crippen molar-refractivity contribution in [2.24, 2.45) is 0 Å². The minimum atomic E-state index is 0.754. The fourth-order valence-electron chi connectivity index (χ4n) is 2.27. The summed E-state index contributed by atoms with van der Waals surface area (Å²) in [6.45, 7) is 0. The molecule has 0 fully saturated rings. The molecule has 0 aliphatic heterocycles. The van der Waals surface area contributed by atoms with Crippen molar-refractivity contribution >= 4 is 43.7 Å². The van der Waals surface area contributed by atoms with Gasteiger partial charge in [-0.05, 0) is 36.4 Å². The van der Waals surface area contributed by atoms with Gasteiger partial charge in [0.05, 0.1) is 0 Å². The zero-order chi connectivity index (χ0) is 14.7. The molecule has 0 amide bonds. The maximum atomic E-state index is 5.79. The Labute approximate surface area is 128 Å². The Bertz CT molecular complexity index is 661. The third kappa shape index (κ3) is 3.03. The molecule has 0 atom stereocenters. The molecular formula is C18H13B2N. The maximum absolute atomic E-state index is 5.79. The van der Waals surface area contributed by atoms with Gasteiger partial charge in [0.25, 0.3) is 0 Å². The lowest BCUT2D eigenvalue weighted by molar-refractivity contribution is 1.29. The van der Waals surface area contributed by atoms with Crippen molar-refractivity contribution < 1.29 is 0 Å². The fourth-order valence-corrected chi connectivity index (χ4v) is 2.27. The molecule has 1 nitrogen and oxygen atoms in total. The number of para-hydroxylation sites is 1. The van der Waals surface area contributed by atoms with E-state index in [9.17, 15) is 0 Å². The van der Waals surface area contributed by atoms with Crippen LogP contribution in [0.3, 0.4) is 0 Å². The highest BCUT2D eigenvalue weighted by Gasteiger charge is 2.11. The van der Waals surface area contributed by atoms with Crippen LogP contribution in [0.4, 0.5) is 17.1 Å². The van der Waals surface area contributed by atoms with E-state index in [1.54, 1.807) is 0 Å². The van der Waals surface area contributed by atoms with Gasteiger partial charge in [-0.25, -0.2) is 0 Å². The van der Waals surface area contributed by atoms with Crippen LogP contribution in [0.15, 0.2) is 78.9 Å². The molecule has 4 radical (unpaired) electrons. The molecule has 0 unspecified atom stereocenters. The van der Waals surface area contributed by atoms with E-state index in [4.69, 9.17) is 15.7 Å². The van der Waals surface area contributed by atoms with E-state index in [2.05, 4.69) is 17.0 Å². The van der Waals surface area contributed by atoms with Gasteiger partial charge in [0.15, 0.2) is 0 Å². The molecule has 0 saturated heterocycles. The van der Waals surface area contributed by atoms with Crippen LogP contribution in [0.5, 0.6) is 0 Å².